The van der Waals surface area contributed by atoms with Crippen LogP contribution in [0.15, 0.2) is 24.3 Å². The van der Waals surface area contributed by atoms with Gasteiger partial charge in [0.15, 0.2) is 0 Å². The fraction of sp³-hybridized carbons (Fsp3) is 0.742. The molecule has 9 atom stereocenters. The molecule has 3 nitrogen and oxygen atoms in total. The zero-order valence-electron chi connectivity index (χ0n) is 21.7. The lowest BCUT2D eigenvalue weighted by Gasteiger charge is -2.57. The number of ether oxygens (including phenoxy) is 1. The van der Waals surface area contributed by atoms with Gasteiger partial charge in [0.1, 0.15) is 5.78 Å². The van der Waals surface area contributed by atoms with Crippen molar-refractivity contribution in [3.8, 4) is 6.07 Å². The molecule has 0 saturated heterocycles. The third-order valence-electron chi connectivity index (χ3n) is 11.2. The van der Waals surface area contributed by atoms with Crippen molar-refractivity contribution in [3.05, 3.63) is 35.4 Å². The lowest BCUT2D eigenvalue weighted by atomic mass is 9.49. The average Bonchev–Trinajstić information content (AvgIpc) is 3.21. The summed E-state index contributed by atoms with van der Waals surface area (Å²) >= 11 is 0. The maximum Gasteiger partial charge on any atom is 0.137 e. The van der Waals surface area contributed by atoms with Crippen LogP contribution in [0.4, 0.5) is 0 Å². The van der Waals surface area contributed by atoms with Gasteiger partial charge in [-0.05, 0) is 123 Å². The van der Waals surface area contributed by atoms with Crippen LogP contribution in [0.2, 0.25) is 0 Å². The summed E-state index contributed by atoms with van der Waals surface area (Å²) in [5.41, 5.74) is 2.15. The van der Waals surface area contributed by atoms with Crippen molar-refractivity contribution in [2.45, 2.75) is 96.5 Å². The number of Topliss-reactive ketones (excluding diaryl/α,β-unsaturated/α-hetero) is 1. The molecule has 1 aromatic rings. The number of benzene rings is 1. The predicted octanol–water partition coefficient (Wildman–Crippen LogP) is 7.29. The number of hydrogen-bond donors (Lipinski definition) is 0. The predicted molar refractivity (Wildman–Crippen MR) is 135 cm³/mol. The first-order valence-corrected chi connectivity index (χ1v) is 13.9. The number of methoxy groups -OCH3 is 1. The number of nitrogens with zero attached hydrogens (tertiary/aromatic N) is 1. The van der Waals surface area contributed by atoms with E-state index in [1.54, 1.807) is 0 Å². The molecule has 5 rings (SSSR count). The highest BCUT2D eigenvalue weighted by molar-refractivity contribution is 5.83. The quantitative estimate of drug-likeness (QED) is 0.462. The zero-order valence-corrected chi connectivity index (χ0v) is 21.7. The number of rotatable bonds is 5. The Labute approximate surface area is 206 Å². The molecule has 0 aromatic heterocycles. The van der Waals surface area contributed by atoms with Crippen LogP contribution in [0, 0.1) is 52.3 Å². The molecule has 0 amide bonds. The van der Waals surface area contributed by atoms with E-state index in [1.807, 2.05) is 31.4 Å². The Balaban J connectivity index is 1.26. The normalized spacial score (nSPS) is 42.1. The van der Waals surface area contributed by atoms with Crippen LogP contribution >= 0.6 is 0 Å². The van der Waals surface area contributed by atoms with Crippen molar-refractivity contribution >= 4 is 5.78 Å². The Bertz CT molecular complexity index is 947. The number of carbonyl (C=O) groups is 1. The molecule has 4 saturated carbocycles. The number of fused-ring (bicyclic) bond motifs is 5. The second kappa shape index (κ2) is 9.09. The highest BCUT2D eigenvalue weighted by Crippen LogP contribution is 2.65. The van der Waals surface area contributed by atoms with E-state index in [4.69, 9.17) is 10.00 Å². The average molecular weight is 462 g/mol. The smallest absolute Gasteiger partial charge is 0.137 e. The first-order valence-electron chi connectivity index (χ1n) is 13.9. The molecule has 0 N–H and O–H groups in total. The summed E-state index contributed by atoms with van der Waals surface area (Å²) in [4.78, 5) is 13.6. The summed E-state index contributed by atoms with van der Waals surface area (Å²) < 4.78 is 5.91. The molecule has 0 aliphatic heterocycles. The third kappa shape index (κ3) is 4.05. The molecule has 4 aliphatic rings. The first-order chi connectivity index (χ1) is 16.3. The lowest BCUT2D eigenvalue weighted by Crippen LogP contribution is -2.51. The maximum absolute atomic E-state index is 13.6. The first kappa shape index (κ1) is 24.1. The summed E-state index contributed by atoms with van der Waals surface area (Å²) in [6, 6.07) is 9.99. The molecule has 0 bridgehead atoms. The van der Waals surface area contributed by atoms with Gasteiger partial charge in [0.05, 0.1) is 17.2 Å². The summed E-state index contributed by atoms with van der Waals surface area (Å²) in [6.45, 7) is 6.97. The van der Waals surface area contributed by atoms with Gasteiger partial charge < -0.3 is 4.74 Å². The highest BCUT2D eigenvalue weighted by Gasteiger charge is 2.58. The van der Waals surface area contributed by atoms with Gasteiger partial charge in [-0.15, -0.1) is 0 Å². The Hall–Kier alpha value is -1.66. The minimum Gasteiger partial charge on any atom is -0.379 e. The number of nitriles is 1. The third-order valence-corrected chi connectivity index (χ3v) is 11.2. The molecule has 4 aliphatic carbocycles. The van der Waals surface area contributed by atoms with E-state index in [2.05, 4.69) is 26.8 Å². The van der Waals surface area contributed by atoms with E-state index in [1.165, 1.54) is 56.9 Å². The van der Waals surface area contributed by atoms with Gasteiger partial charge in [-0.1, -0.05) is 26.0 Å². The largest absolute Gasteiger partial charge is 0.379 e. The van der Waals surface area contributed by atoms with Crippen LogP contribution in [-0.2, 0) is 9.53 Å². The monoisotopic (exact) mass is 461 g/mol. The molecule has 0 unspecified atom stereocenters. The fourth-order valence-electron chi connectivity index (χ4n) is 9.23. The van der Waals surface area contributed by atoms with E-state index in [-0.39, 0.29) is 22.9 Å². The van der Waals surface area contributed by atoms with Crippen LogP contribution in [-0.4, -0.2) is 18.5 Å². The maximum atomic E-state index is 13.6. The van der Waals surface area contributed by atoms with Crippen LogP contribution in [0.5, 0.6) is 0 Å². The van der Waals surface area contributed by atoms with E-state index in [0.29, 0.717) is 17.8 Å². The Morgan fingerprint density at radius 1 is 1.03 bits per heavy atom. The van der Waals surface area contributed by atoms with Crippen molar-refractivity contribution in [2.24, 2.45) is 40.9 Å². The lowest BCUT2D eigenvalue weighted by molar-refractivity contribution is -0.133. The summed E-state index contributed by atoms with van der Waals surface area (Å²) in [5.74, 6) is 5.12. The Morgan fingerprint density at radius 2 is 1.76 bits per heavy atom. The number of hydrogen-bond acceptors (Lipinski definition) is 3. The van der Waals surface area contributed by atoms with Gasteiger partial charge in [0.2, 0.25) is 0 Å². The van der Waals surface area contributed by atoms with E-state index >= 15 is 0 Å². The number of ketones is 1. The molecule has 34 heavy (non-hydrogen) atoms. The molecule has 0 heterocycles. The number of carbonyl (C=O) groups excluding carboxylic acids is 1. The Kier molecular flexibility index (Phi) is 6.43. The standard InChI is InChI=1S/C31H43NO2/c1-20(22-7-5-21(19-32)6-8-22)17-29(33)28-12-11-27-26-10-9-23-18-30(2,34-4)15-13-24(23)25(26)14-16-31(27,28)3/h5-8,20,23-28H,9-18H2,1-4H3/t20-,23-,24+,25-,26-,27+,28-,30-,31+/m1/s1. The van der Waals surface area contributed by atoms with Gasteiger partial charge in [-0.3, -0.25) is 4.79 Å². The van der Waals surface area contributed by atoms with Crippen molar-refractivity contribution < 1.29 is 9.53 Å². The highest BCUT2D eigenvalue weighted by atomic mass is 16.5. The van der Waals surface area contributed by atoms with Crippen LogP contribution < -0.4 is 0 Å². The molecular formula is C31H43NO2. The SMILES string of the molecule is CO[C@]1(C)CC[C@H]2[C@H](CC[C@@H]3[C@@H]2CC[C@]2(C)[C@@H](C(=O)C[C@@H](C)c4ccc(C#N)cc4)CC[C@@H]32)C1. The topological polar surface area (TPSA) is 50.1 Å². The molecule has 184 valence electrons. The van der Waals surface area contributed by atoms with E-state index in [9.17, 15) is 4.79 Å². The minimum atomic E-state index is 0.0910. The summed E-state index contributed by atoms with van der Waals surface area (Å²) in [6.07, 6.45) is 12.1. The summed E-state index contributed by atoms with van der Waals surface area (Å²) in [5, 5.41) is 9.07. The van der Waals surface area contributed by atoms with Crippen molar-refractivity contribution in [1.82, 2.24) is 0 Å². The molecule has 1 aromatic carbocycles. The second-order valence-corrected chi connectivity index (χ2v) is 12.8. The van der Waals surface area contributed by atoms with Crippen LogP contribution in [0.3, 0.4) is 0 Å². The minimum absolute atomic E-state index is 0.0910. The van der Waals surface area contributed by atoms with Gasteiger partial charge >= 0.3 is 0 Å². The molecule has 0 radical (unpaired) electrons. The Morgan fingerprint density at radius 3 is 2.47 bits per heavy atom. The molecule has 0 spiro atoms. The van der Waals surface area contributed by atoms with Crippen LogP contribution in [0.25, 0.3) is 0 Å². The van der Waals surface area contributed by atoms with E-state index < -0.39 is 0 Å². The van der Waals surface area contributed by atoms with Gasteiger partial charge in [0.25, 0.3) is 0 Å². The van der Waals surface area contributed by atoms with Crippen molar-refractivity contribution in [3.63, 3.8) is 0 Å². The molecule has 3 heteroatoms. The molecule has 4 fully saturated rings. The second-order valence-electron chi connectivity index (χ2n) is 12.8. The zero-order chi connectivity index (χ0) is 24.1. The van der Waals surface area contributed by atoms with Crippen LogP contribution in [0.1, 0.15) is 102 Å². The van der Waals surface area contributed by atoms with Crippen molar-refractivity contribution in [1.29, 1.82) is 5.26 Å². The molecular weight excluding hydrogens is 418 g/mol. The van der Waals surface area contributed by atoms with Gasteiger partial charge in [-0.25, -0.2) is 0 Å². The fourth-order valence-corrected chi connectivity index (χ4v) is 9.23. The van der Waals surface area contributed by atoms with Gasteiger partial charge in [-0.2, -0.15) is 5.26 Å². The van der Waals surface area contributed by atoms with Crippen molar-refractivity contribution in [2.75, 3.05) is 7.11 Å². The van der Waals surface area contributed by atoms with E-state index in [0.717, 1.165) is 36.0 Å². The summed E-state index contributed by atoms with van der Waals surface area (Å²) in [7, 11) is 1.90. The van der Waals surface area contributed by atoms with Gasteiger partial charge in [0, 0.05) is 19.4 Å².